The van der Waals surface area contributed by atoms with E-state index >= 15 is 0 Å². The molecule has 0 radical (unpaired) electrons. The number of aromatic nitrogens is 1. The van der Waals surface area contributed by atoms with Gasteiger partial charge in [0.15, 0.2) is 0 Å². The summed E-state index contributed by atoms with van der Waals surface area (Å²) in [4.78, 5) is 15.0. The third kappa shape index (κ3) is 5.27. The van der Waals surface area contributed by atoms with Gasteiger partial charge >= 0.3 is 0 Å². The Labute approximate surface area is 171 Å². The molecular weight excluding hydrogens is 364 g/mol. The third-order valence-corrected chi connectivity index (χ3v) is 5.12. The maximum atomic E-state index is 12.5. The molecule has 0 unspecified atom stereocenters. The lowest BCUT2D eigenvalue weighted by Gasteiger charge is -2.15. The highest BCUT2D eigenvalue weighted by Gasteiger charge is 2.10. The zero-order valence-electron chi connectivity index (χ0n) is 16.5. The average molecular weight is 390 g/mol. The van der Waals surface area contributed by atoms with Crippen molar-refractivity contribution in [3.05, 3.63) is 88.8 Å². The SMILES string of the molecule is O=c1cc(COc2ccccc2)ccn1-c1ccc(OCCN2CCCC2)cc1. The van der Waals surface area contributed by atoms with Gasteiger partial charge in [-0.25, -0.2) is 0 Å². The number of para-hydroxylation sites is 1. The lowest BCUT2D eigenvalue weighted by molar-refractivity contribution is 0.238. The van der Waals surface area contributed by atoms with Crippen molar-refractivity contribution in [2.45, 2.75) is 19.4 Å². The van der Waals surface area contributed by atoms with Crippen molar-refractivity contribution in [3.63, 3.8) is 0 Å². The van der Waals surface area contributed by atoms with E-state index in [-0.39, 0.29) is 5.56 Å². The van der Waals surface area contributed by atoms with E-state index < -0.39 is 0 Å². The molecular formula is C24H26N2O3. The number of nitrogens with zero attached hydrogens (tertiary/aromatic N) is 2. The highest BCUT2D eigenvalue weighted by Crippen LogP contribution is 2.16. The summed E-state index contributed by atoms with van der Waals surface area (Å²) in [6.07, 6.45) is 4.37. The molecule has 1 aliphatic rings. The monoisotopic (exact) mass is 390 g/mol. The van der Waals surface area contributed by atoms with Crippen molar-refractivity contribution in [2.24, 2.45) is 0 Å². The molecule has 2 aromatic carbocycles. The Balaban J connectivity index is 1.34. The summed E-state index contributed by atoms with van der Waals surface area (Å²) in [5, 5.41) is 0. The predicted molar refractivity (Wildman–Crippen MR) is 114 cm³/mol. The summed E-state index contributed by atoms with van der Waals surface area (Å²) in [5.41, 5.74) is 1.58. The molecule has 3 aromatic rings. The number of hydrogen-bond donors (Lipinski definition) is 0. The molecule has 0 atom stereocenters. The van der Waals surface area contributed by atoms with Crippen molar-refractivity contribution < 1.29 is 9.47 Å². The van der Waals surface area contributed by atoms with E-state index in [1.54, 1.807) is 16.8 Å². The Kier molecular flexibility index (Phi) is 6.27. The molecule has 1 aliphatic heterocycles. The highest BCUT2D eigenvalue weighted by molar-refractivity contribution is 5.38. The first-order valence-corrected chi connectivity index (χ1v) is 10.1. The molecule has 0 bridgehead atoms. The van der Waals surface area contributed by atoms with Crippen molar-refractivity contribution >= 4 is 0 Å². The second-order valence-corrected chi connectivity index (χ2v) is 7.24. The lowest BCUT2D eigenvalue weighted by Crippen LogP contribution is -2.25. The summed E-state index contributed by atoms with van der Waals surface area (Å²) in [6, 6.07) is 20.8. The van der Waals surface area contributed by atoms with Gasteiger partial charge in [0, 0.05) is 24.5 Å². The summed E-state index contributed by atoms with van der Waals surface area (Å²) in [7, 11) is 0. The molecule has 1 fully saturated rings. The number of likely N-dealkylation sites (tertiary alicyclic amines) is 1. The molecule has 1 aromatic heterocycles. The van der Waals surface area contributed by atoms with Crippen LogP contribution in [0, 0.1) is 0 Å². The normalized spacial score (nSPS) is 14.1. The minimum Gasteiger partial charge on any atom is -0.492 e. The van der Waals surface area contributed by atoms with Gasteiger partial charge in [0.2, 0.25) is 0 Å². The quantitative estimate of drug-likeness (QED) is 0.585. The topological polar surface area (TPSA) is 43.7 Å². The number of pyridine rings is 1. The standard InChI is InChI=1S/C24H26N2O3/c27-24-18-20(19-29-22-6-2-1-3-7-22)12-15-26(24)21-8-10-23(11-9-21)28-17-16-25-13-4-5-14-25/h1-3,6-12,15,18H,4-5,13-14,16-17,19H2. The fourth-order valence-electron chi connectivity index (χ4n) is 3.51. The van der Waals surface area contributed by atoms with Gasteiger partial charge in [-0.2, -0.15) is 0 Å². The Hall–Kier alpha value is -3.05. The van der Waals surface area contributed by atoms with Crippen LogP contribution in [0.5, 0.6) is 11.5 Å². The van der Waals surface area contributed by atoms with Gasteiger partial charge in [0.05, 0.1) is 0 Å². The molecule has 2 heterocycles. The molecule has 5 nitrogen and oxygen atoms in total. The summed E-state index contributed by atoms with van der Waals surface area (Å²) >= 11 is 0. The Morgan fingerprint density at radius 1 is 0.828 bits per heavy atom. The smallest absolute Gasteiger partial charge is 0.255 e. The summed E-state index contributed by atoms with van der Waals surface area (Å²) in [5.74, 6) is 1.62. The van der Waals surface area contributed by atoms with Crippen LogP contribution >= 0.6 is 0 Å². The van der Waals surface area contributed by atoms with Gasteiger partial charge in [-0.1, -0.05) is 18.2 Å². The van der Waals surface area contributed by atoms with Gasteiger partial charge in [0.25, 0.3) is 5.56 Å². The van der Waals surface area contributed by atoms with Crippen LogP contribution in [0.15, 0.2) is 77.7 Å². The van der Waals surface area contributed by atoms with E-state index in [1.807, 2.05) is 60.7 Å². The van der Waals surface area contributed by atoms with Gasteiger partial charge < -0.3 is 9.47 Å². The van der Waals surface area contributed by atoms with Crippen LogP contribution in [0.3, 0.4) is 0 Å². The largest absolute Gasteiger partial charge is 0.492 e. The fourth-order valence-corrected chi connectivity index (χ4v) is 3.51. The van der Waals surface area contributed by atoms with Gasteiger partial charge in [-0.15, -0.1) is 0 Å². The molecule has 1 saturated heterocycles. The summed E-state index contributed by atoms with van der Waals surface area (Å²) < 4.78 is 13.2. The number of hydrogen-bond acceptors (Lipinski definition) is 4. The van der Waals surface area contributed by atoms with Crippen LogP contribution in [0.4, 0.5) is 0 Å². The fraction of sp³-hybridized carbons (Fsp3) is 0.292. The van der Waals surface area contributed by atoms with Gasteiger partial charge in [0.1, 0.15) is 24.7 Å². The minimum atomic E-state index is -0.0816. The molecule has 29 heavy (non-hydrogen) atoms. The highest BCUT2D eigenvalue weighted by atomic mass is 16.5. The molecule has 0 spiro atoms. The first-order valence-electron chi connectivity index (χ1n) is 10.1. The number of ether oxygens (including phenoxy) is 2. The minimum absolute atomic E-state index is 0.0816. The molecule has 0 N–H and O–H groups in total. The second-order valence-electron chi connectivity index (χ2n) is 7.24. The second kappa shape index (κ2) is 9.43. The molecule has 0 aliphatic carbocycles. The maximum absolute atomic E-state index is 12.5. The van der Waals surface area contributed by atoms with Crippen molar-refractivity contribution in [1.29, 1.82) is 0 Å². The van der Waals surface area contributed by atoms with E-state index in [4.69, 9.17) is 9.47 Å². The van der Waals surface area contributed by atoms with E-state index in [2.05, 4.69) is 4.90 Å². The zero-order chi connectivity index (χ0) is 19.9. The Morgan fingerprint density at radius 2 is 1.55 bits per heavy atom. The average Bonchev–Trinajstić information content (AvgIpc) is 3.27. The molecule has 5 heteroatoms. The number of benzene rings is 2. The molecule has 0 amide bonds. The third-order valence-electron chi connectivity index (χ3n) is 5.12. The first-order chi connectivity index (χ1) is 14.3. The molecule has 0 saturated carbocycles. The maximum Gasteiger partial charge on any atom is 0.255 e. The Bertz CT molecular complexity index is 961. The van der Waals surface area contributed by atoms with Crippen LogP contribution < -0.4 is 15.0 Å². The Morgan fingerprint density at radius 3 is 2.28 bits per heavy atom. The van der Waals surface area contributed by atoms with Gasteiger partial charge in [-0.05, 0) is 74.0 Å². The van der Waals surface area contributed by atoms with Crippen LogP contribution in [0.1, 0.15) is 18.4 Å². The van der Waals surface area contributed by atoms with E-state index in [1.165, 1.54) is 25.9 Å². The number of rotatable bonds is 8. The van der Waals surface area contributed by atoms with Crippen molar-refractivity contribution in [1.82, 2.24) is 9.47 Å². The lowest BCUT2D eigenvalue weighted by atomic mass is 10.2. The van der Waals surface area contributed by atoms with Crippen molar-refractivity contribution in [3.8, 4) is 17.2 Å². The van der Waals surface area contributed by atoms with Crippen LogP contribution in [0.25, 0.3) is 5.69 Å². The van der Waals surface area contributed by atoms with Crippen LogP contribution in [0.2, 0.25) is 0 Å². The first kappa shape index (κ1) is 19.3. The predicted octanol–water partition coefficient (Wildman–Crippen LogP) is 3.89. The van der Waals surface area contributed by atoms with E-state index in [0.717, 1.165) is 29.3 Å². The molecule has 4 rings (SSSR count). The van der Waals surface area contributed by atoms with Gasteiger partial charge in [-0.3, -0.25) is 14.3 Å². The van der Waals surface area contributed by atoms with E-state index in [9.17, 15) is 4.79 Å². The van der Waals surface area contributed by atoms with E-state index in [0.29, 0.717) is 13.2 Å². The zero-order valence-corrected chi connectivity index (χ0v) is 16.5. The van der Waals surface area contributed by atoms with Crippen LogP contribution in [-0.2, 0) is 6.61 Å². The molecule has 150 valence electrons. The van der Waals surface area contributed by atoms with Crippen molar-refractivity contribution in [2.75, 3.05) is 26.2 Å². The van der Waals surface area contributed by atoms with Crippen LogP contribution in [-0.4, -0.2) is 35.7 Å². The summed E-state index contributed by atoms with van der Waals surface area (Å²) in [6.45, 7) is 4.38.